The van der Waals surface area contributed by atoms with Crippen molar-refractivity contribution in [2.45, 2.75) is 63.3 Å². The standard InChI is InChI=1S/C17H24BrNO/c1-20-16-14(18)11-12-7-3-2-4-8-13(12)15(16)17(19)9-5-6-10-17/h11H,2-10,19H2,1H3. The molecule has 0 aliphatic heterocycles. The van der Waals surface area contributed by atoms with Gasteiger partial charge in [-0.05, 0) is 71.6 Å². The molecule has 3 heteroatoms. The van der Waals surface area contributed by atoms with Gasteiger partial charge in [0, 0.05) is 11.1 Å². The Morgan fingerprint density at radius 3 is 2.50 bits per heavy atom. The molecular weight excluding hydrogens is 314 g/mol. The van der Waals surface area contributed by atoms with E-state index in [4.69, 9.17) is 10.5 Å². The van der Waals surface area contributed by atoms with E-state index in [9.17, 15) is 0 Å². The Morgan fingerprint density at radius 1 is 1.10 bits per heavy atom. The van der Waals surface area contributed by atoms with Crippen LogP contribution in [0.1, 0.15) is 61.6 Å². The van der Waals surface area contributed by atoms with Crippen LogP contribution in [0.4, 0.5) is 0 Å². The lowest BCUT2D eigenvalue weighted by molar-refractivity contribution is 0.374. The van der Waals surface area contributed by atoms with Crippen molar-refractivity contribution in [1.29, 1.82) is 0 Å². The van der Waals surface area contributed by atoms with Gasteiger partial charge in [0.15, 0.2) is 0 Å². The summed E-state index contributed by atoms with van der Waals surface area (Å²) in [6, 6.07) is 2.27. The molecule has 2 aliphatic rings. The second-order valence-electron chi connectivity index (χ2n) is 6.33. The third-order valence-electron chi connectivity index (χ3n) is 5.01. The molecule has 0 atom stereocenters. The van der Waals surface area contributed by atoms with Gasteiger partial charge in [-0.15, -0.1) is 0 Å². The van der Waals surface area contributed by atoms with E-state index in [1.165, 1.54) is 55.2 Å². The van der Waals surface area contributed by atoms with Crippen LogP contribution in [0.3, 0.4) is 0 Å². The topological polar surface area (TPSA) is 35.2 Å². The van der Waals surface area contributed by atoms with Crippen molar-refractivity contribution in [3.05, 3.63) is 27.2 Å². The number of halogens is 1. The van der Waals surface area contributed by atoms with Gasteiger partial charge >= 0.3 is 0 Å². The van der Waals surface area contributed by atoms with E-state index in [-0.39, 0.29) is 5.54 Å². The summed E-state index contributed by atoms with van der Waals surface area (Å²) in [6.45, 7) is 0. The van der Waals surface area contributed by atoms with Crippen molar-refractivity contribution >= 4 is 15.9 Å². The smallest absolute Gasteiger partial charge is 0.138 e. The van der Waals surface area contributed by atoms with Crippen molar-refractivity contribution < 1.29 is 4.74 Å². The lowest BCUT2D eigenvalue weighted by atomic mass is 9.82. The molecule has 2 N–H and O–H groups in total. The number of methoxy groups -OCH3 is 1. The summed E-state index contributed by atoms with van der Waals surface area (Å²) in [7, 11) is 1.77. The highest BCUT2D eigenvalue weighted by Gasteiger charge is 2.37. The number of aryl methyl sites for hydroxylation is 1. The van der Waals surface area contributed by atoms with Crippen molar-refractivity contribution in [3.8, 4) is 5.75 Å². The summed E-state index contributed by atoms with van der Waals surface area (Å²) in [5.74, 6) is 0.982. The van der Waals surface area contributed by atoms with Gasteiger partial charge in [0.25, 0.3) is 0 Å². The Bertz CT molecular complexity index is 506. The van der Waals surface area contributed by atoms with Gasteiger partial charge in [0.2, 0.25) is 0 Å². The van der Waals surface area contributed by atoms with Gasteiger partial charge in [-0.3, -0.25) is 0 Å². The Balaban J connectivity index is 2.20. The number of fused-ring (bicyclic) bond motifs is 1. The Labute approximate surface area is 130 Å². The second-order valence-corrected chi connectivity index (χ2v) is 7.18. The zero-order valence-electron chi connectivity index (χ0n) is 12.3. The summed E-state index contributed by atoms with van der Waals surface area (Å²) in [5.41, 5.74) is 10.9. The second kappa shape index (κ2) is 5.69. The highest BCUT2D eigenvalue weighted by atomic mass is 79.9. The summed E-state index contributed by atoms with van der Waals surface area (Å²) < 4.78 is 6.81. The average Bonchev–Trinajstić information content (AvgIpc) is 2.74. The van der Waals surface area contributed by atoms with Crippen molar-refractivity contribution in [2.24, 2.45) is 5.73 Å². The number of ether oxygens (including phenoxy) is 1. The molecule has 3 rings (SSSR count). The molecule has 0 unspecified atom stereocenters. The van der Waals surface area contributed by atoms with Gasteiger partial charge in [0.05, 0.1) is 11.6 Å². The minimum Gasteiger partial charge on any atom is -0.495 e. The van der Waals surface area contributed by atoms with Crippen molar-refractivity contribution in [3.63, 3.8) is 0 Å². The molecule has 2 nitrogen and oxygen atoms in total. The Morgan fingerprint density at radius 2 is 1.80 bits per heavy atom. The lowest BCUT2D eigenvalue weighted by Crippen LogP contribution is -2.35. The summed E-state index contributed by atoms with van der Waals surface area (Å²) in [5, 5.41) is 0. The average molecular weight is 338 g/mol. The highest BCUT2D eigenvalue weighted by molar-refractivity contribution is 9.10. The zero-order chi connectivity index (χ0) is 14.2. The molecule has 1 fully saturated rings. The Hall–Kier alpha value is -0.540. The van der Waals surface area contributed by atoms with E-state index in [1.54, 1.807) is 7.11 Å². The van der Waals surface area contributed by atoms with Crippen LogP contribution in [-0.2, 0) is 18.4 Å². The molecule has 1 saturated carbocycles. The van der Waals surface area contributed by atoms with E-state index in [0.717, 1.165) is 29.5 Å². The van der Waals surface area contributed by atoms with Gasteiger partial charge in [-0.25, -0.2) is 0 Å². The normalized spacial score (nSPS) is 21.4. The molecule has 0 bridgehead atoms. The van der Waals surface area contributed by atoms with Gasteiger partial charge in [0.1, 0.15) is 5.75 Å². The first-order valence-corrected chi connectivity index (χ1v) is 8.62. The molecule has 0 radical (unpaired) electrons. The third kappa shape index (κ3) is 2.39. The SMILES string of the molecule is COc1c(Br)cc2c(c1C1(N)CCCC1)CCCCC2. The largest absolute Gasteiger partial charge is 0.495 e. The maximum atomic E-state index is 6.80. The minimum atomic E-state index is -0.177. The molecule has 1 aromatic carbocycles. The number of nitrogens with two attached hydrogens (primary N) is 1. The number of benzene rings is 1. The first kappa shape index (κ1) is 14.4. The number of hydrogen-bond acceptors (Lipinski definition) is 2. The van der Waals surface area contributed by atoms with Crippen LogP contribution in [-0.4, -0.2) is 7.11 Å². The fourth-order valence-electron chi connectivity index (χ4n) is 4.01. The predicted octanol–water partition coefficient (Wildman–Crippen LogP) is 4.45. The lowest BCUT2D eigenvalue weighted by Gasteiger charge is -2.31. The summed E-state index contributed by atoms with van der Waals surface area (Å²) >= 11 is 3.70. The number of hydrogen-bond donors (Lipinski definition) is 1. The summed E-state index contributed by atoms with van der Waals surface area (Å²) in [6.07, 6.45) is 10.9. The molecule has 0 saturated heterocycles. The quantitative estimate of drug-likeness (QED) is 0.809. The fraction of sp³-hybridized carbons (Fsp3) is 0.647. The van der Waals surface area contributed by atoms with Crippen LogP contribution in [0.5, 0.6) is 5.75 Å². The molecule has 0 aromatic heterocycles. The predicted molar refractivity (Wildman–Crippen MR) is 86.3 cm³/mol. The maximum Gasteiger partial charge on any atom is 0.138 e. The molecular formula is C17H24BrNO. The molecule has 110 valence electrons. The van der Waals surface area contributed by atoms with Gasteiger partial charge < -0.3 is 10.5 Å². The first-order valence-electron chi connectivity index (χ1n) is 7.83. The van der Waals surface area contributed by atoms with Crippen LogP contribution < -0.4 is 10.5 Å². The zero-order valence-corrected chi connectivity index (χ0v) is 13.9. The van der Waals surface area contributed by atoms with Crippen LogP contribution >= 0.6 is 15.9 Å². The first-order chi connectivity index (χ1) is 9.65. The van der Waals surface area contributed by atoms with E-state index < -0.39 is 0 Å². The third-order valence-corrected chi connectivity index (χ3v) is 5.59. The van der Waals surface area contributed by atoms with Crippen LogP contribution in [0, 0.1) is 0 Å². The fourth-order valence-corrected chi connectivity index (χ4v) is 4.64. The molecule has 0 spiro atoms. The van der Waals surface area contributed by atoms with Gasteiger partial charge in [-0.1, -0.05) is 19.3 Å². The maximum absolute atomic E-state index is 6.80. The molecule has 20 heavy (non-hydrogen) atoms. The molecule has 1 aromatic rings. The van der Waals surface area contributed by atoms with Crippen molar-refractivity contribution in [2.75, 3.05) is 7.11 Å². The molecule has 0 amide bonds. The van der Waals surface area contributed by atoms with Crippen LogP contribution in [0.2, 0.25) is 0 Å². The molecule has 0 heterocycles. The van der Waals surface area contributed by atoms with E-state index >= 15 is 0 Å². The number of rotatable bonds is 2. The van der Waals surface area contributed by atoms with Crippen LogP contribution in [0.25, 0.3) is 0 Å². The molecule has 2 aliphatic carbocycles. The monoisotopic (exact) mass is 337 g/mol. The Kier molecular flexibility index (Phi) is 4.09. The van der Waals surface area contributed by atoms with Crippen LogP contribution in [0.15, 0.2) is 10.5 Å². The van der Waals surface area contributed by atoms with Crippen molar-refractivity contribution in [1.82, 2.24) is 0 Å². The van der Waals surface area contributed by atoms with E-state index in [2.05, 4.69) is 22.0 Å². The van der Waals surface area contributed by atoms with E-state index in [0.29, 0.717) is 0 Å². The summed E-state index contributed by atoms with van der Waals surface area (Å²) in [4.78, 5) is 0. The van der Waals surface area contributed by atoms with Gasteiger partial charge in [-0.2, -0.15) is 0 Å². The highest BCUT2D eigenvalue weighted by Crippen LogP contribution is 2.47. The minimum absolute atomic E-state index is 0.177. The van der Waals surface area contributed by atoms with E-state index in [1.807, 2.05) is 0 Å².